The highest BCUT2D eigenvalue weighted by Crippen LogP contribution is 2.30. The van der Waals surface area contributed by atoms with Crippen molar-refractivity contribution >= 4 is 0 Å². The molecular formula is C17H29N. The van der Waals surface area contributed by atoms with Crippen LogP contribution in [-0.2, 0) is 6.42 Å². The molecule has 0 heterocycles. The van der Waals surface area contributed by atoms with Gasteiger partial charge in [-0.05, 0) is 37.2 Å². The molecule has 0 fully saturated rings. The molecule has 0 amide bonds. The monoisotopic (exact) mass is 247 g/mol. The van der Waals surface area contributed by atoms with Gasteiger partial charge in [0.25, 0.3) is 0 Å². The summed E-state index contributed by atoms with van der Waals surface area (Å²) in [4.78, 5) is 0. The van der Waals surface area contributed by atoms with E-state index in [0.29, 0.717) is 11.5 Å². The summed E-state index contributed by atoms with van der Waals surface area (Å²) in [6.07, 6.45) is 3.65. The molecule has 18 heavy (non-hydrogen) atoms. The average Bonchev–Trinajstić information content (AvgIpc) is 2.37. The van der Waals surface area contributed by atoms with Crippen molar-refractivity contribution in [2.24, 2.45) is 5.41 Å². The summed E-state index contributed by atoms with van der Waals surface area (Å²) >= 11 is 0. The zero-order valence-electron chi connectivity index (χ0n) is 12.7. The zero-order valence-corrected chi connectivity index (χ0v) is 12.7. The lowest BCUT2D eigenvalue weighted by Gasteiger charge is -2.33. The van der Waals surface area contributed by atoms with Crippen molar-refractivity contribution < 1.29 is 0 Å². The van der Waals surface area contributed by atoms with Crippen LogP contribution in [0.15, 0.2) is 24.3 Å². The predicted octanol–water partition coefficient (Wildman–Crippen LogP) is 4.34. The second kappa shape index (κ2) is 6.94. The first-order chi connectivity index (χ1) is 8.51. The van der Waals surface area contributed by atoms with E-state index >= 15 is 0 Å². The van der Waals surface area contributed by atoms with Crippen LogP contribution in [0, 0.1) is 12.3 Å². The molecule has 0 aromatic heterocycles. The largest absolute Gasteiger partial charge is 0.314 e. The van der Waals surface area contributed by atoms with Crippen LogP contribution in [0.2, 0.25) is 0 Å². The quantitative estimate of drug-likeness (QED) is 0.755. The molecule has 0 unspecified atom stereocenters. The zero-order chi connectivity index (χ0) is 13.6. The third kappa shape index (κ3) is 4.45. The van der Waals surface area contributed by atoms with Gasteiger partial charge in [0.05, 0.1) is 0 Å². The minimum atomic E-state index is 0.402. The maximum atomic E-state index is 3.62. The third-order valence-corrected chi connectivity index (χ3v) is 4.09. The van der Waals surface area contributed by atoms with Gasteiger partial charge < -0.3 is 5.32 Å². The molecule has 1 heteroatoms. The Kier molecular flexibility index (Phi) is 5.87. The molecule has 0 saturated heterocycles. The fourth-order valence-electron chi connectivity index (χ4n) is 2.37. The average molecular weight is 247 g/mol. The normalized spacial score (nSPS) is 12.1. The van der Waals surface area contributed by atoms with Gasteiger partial charge in [0.1, 0.15) is 0 Å². The van der Waals surface area contributed by atoms with Crippen molar-refractivity contribution in [2.45, 2.75) is 59.9 Å². The lowest BCUT2D eigenvalue weighted by molar-refractivity contribution is 0.239. The lowest BCUT2D eigenvalue weighted by Crippen LogP contribution is -2.38. The molecule has 0 aliphatic heterocycles. The van der Waals surface area contributed by atoms with Gasteiger partial charge in [-0.2, -0.15) is 0 Å². The molecule has 0 saturated carbocycles. The fraction of sp³-hybridized carbons (Fsp3) is 0.647. The van der Waals surface area contributed by atoms with Gasteiger partial charge in [-0.25, -0.2) is 0 Å². The van der Waals surface area contributed by atoms with E-state index in [2.05, 4.69) is 64.2 Å². The SMILES string of the molecule is CCC(CC)(CNC(C)C)Cc1ccc(C)cc1. The summed E-state index contributed by atoms with van der Waals surface area (Å²) in [5.74, 6) is 0. The van der Waals surface area contributed by atoms with Crippen LogP contribution >= 0.6 is 0 Å². The topological polar surface area (TPSA) is 12.0 Å². The second-order valence-electron chi connectivity index (χ2n) is 5.91. The lowest BCUT2D eigenvalue weighted by atomic mass is 9.76. The molecule has 0 aliphatic rings. The summed E-state index contributed by atoms with van der Waals surface area (Å²) in [5, 5.41) is 3.62. The van der Waals surface area contributed by atoms with Crippen LogP contribution in [0.5, 0.6) is 0 Å². The molecule has 0 bridgehead atoms. The first-order valence-corrected chi connectivity index (χ1v) is 7.30. The molecule has 1 nitrogen and oxygen atoms in total. The van der Waals surface area contributed by atoms with Crippen molar-refractivity contribution in [3.63, 3.8) is 0 Å². The fourth-order valence-corrected chi connectivity index (χ4v) is 2.37. The number of aryl methyl sites for hydroxylation is 1. The highest BCUT2D eigenvalue weighted by atomic mass is 14.9. The van der Waals surface area contributed by atoms with Gasteiger partial charge >= 0.3 is 0 Å². The van der Waals surface area contributed by atoms with Crippen LogP contribution in [0.25, 0.3) is 0 Å². The summed E-state index contributed by atoms with van der Waals surface area (Å²) in [5.41, 5.74) is 3.21. The van der Waals surface area contributed by atoms with Crippen molar-refractivity contribution in [3.05, 3.63) is 35.4 Å². The van der Waals surface area contributed by atoms with E-state index in [1.807, 2.05) is 0 Å². The molecule has 0 atom stereocenters. The summed E-state index contributed by atoms with van der Waals surface area (Å²) < 4.78 is 0. The molecule has 102 valence electrons. The summed E-state index contributed by atoms with van der Waals surface area (Å²) in [6, 6.07) is 9.58. The van der Waals surface area contributed by atoms with E-state index in [-0.39, 0.29) is 0 Å². The Labute approximate surface area is 113 Å². The van der Waals surface area contributed by atoms with Crippen LogP contribution in [-0.4, -0.2) is 12.6 Å². The molecule has 0 aliphatic carbocycles. The predicted molar refractivity (Wildman–Crippen MR) is 81.0 cm³/mol. The minimum Gasteiger partial charge on any atom is -0.314 e. The molecule has 1 N–H and O–H groups in total. The van der Waals surface area contributed by atoms with Crippen LogP contribution in [0.3, 0.4) is 0 Å². The maximum absolute atomic E-state index is 3.62. The third-order valence-electron chi connectivity index (χ3n) is 4.09. The molecule has 1 aromatic carbocycles. The van der Waals surface area contributed by atoms with Gasteiger partial charge in [-0.3, -0.25) is 0 Å². The number of nitrogens with one attached hydrogen (secondary N) is 1. The Hall–Kier alpha value is -0.820. The minimum absolute atomic E-state index is 0.402. The maximum Gasteiger partial charge on any atom is 0.00132 e. The Morgan fingerprint density at radius 1 is 1.06 bits per heavy atom. The van der Waals surface area contributed by atoms with Gasteiger partial charge in [-0.15, -0.1) is 0 Å². The summed E-state index contributed by atoms with van der Waals surface area (Å²) in [6.45, 7) is 12.4. The van der Waals surface area contributed by atoms with Crippen molar-refractivity contribution in [1.82, 2.24) is 5.32 Å². The van der Waals surface area contributed by atoms with Crippen molar-refractivity contribution in [3.8, 4) is 0 Å². The number of hydrogen-bond acceptors (Lipinski definition) is 1. The smallest absolute Gasteiger partial charge is 0.00132 e. The van der Waals surface area contributed by atoms with E-state index in [1.54, 1.807) is 0 Å². The molecule has 1 aromatic rings. The highest BCUT2D eigenvalue weighted by molar-refractivity contribution is 5.22. The number of benzene rings is 1. The van der Waals surface area contributed by atoms with Crippen molar-refractivity contribution in [1.29, 1.82) is 0 Å². The van der Waals surface area contributed by atoms with E-state index < -0.39 is 0 Å². The first-order valence-electron chi connectivity index (χ1n) is 7.30. The molecule has 0 spiro atoms. The Morgan fingerprint density at radius 3 is 2.06 bits per heavy atom. The first kappa shape index (κ1) is 15.2. The Morgan fingerprint density at radius 2 is 1.61 bits per heavy atom. The van der Waals surface area contributed by atoms with Crippen LogP contribution in [0.4, 0.5) is 0 Å². The molecular weight excluding hydrogens is 218 g/mol. The molecule has 0 radical (unpaired) electrons. The van der Waals surface area contributed by atoms with Crippen LogP contribution in [0.1, 0.15) is 51.7 Å². The van der Waals surface area contributed by atoms with Crippen LogP contribution < -0.4 is 5.32 Å². The standard InChI is InChI=1S/C17H29N/c1-6-17(7-2,13-18-14(3)4)12-16-10-8-15(5)9-11-16/h8-11,14,18H,6-7,12-13H2,1-5H3. The van der Waals surface area contributed by atoms with Gasteiger partial charge in [-0.1, -0.05) is 57.5 Å². The highest BCUT2D eigenvalue weighted by Gasteiger charge is 2.26. The summed E-state index contributed by atoms with van der Waals surface area (Å²) in [7, 11) is 0. The van der Waals surface area contributed by atoms with E-state index in [9.17, 15) is 0 Å². The van der Waals surface area contributed by atoms with Gasteiger partial charge in [0.2, 0.25) is 0 Å². The van der Waals surface area contributed by atoms with E-state index in [1.165, 1.54) is 30.4 Å². The van der Waals surface area contributed by atoms with Gasteiger partial charge in [0, 0.05) is 12.6 Å². The second-order valence-corrected chi connectivity index (χ2v) is 5.91. The van der Waals surface area contributed by atoms with E-state index in [4.69, 9.17) is 0 Å². The van der Waals surface area contributed by atoms with Crippen molar-refractivity contribution in [2.75, 3.05) is 6.54 Å². The van der Waals surface area contributed by atoms with E-state index in [0.717, 1.165) is 6.54 Å². The van der Waals surface area contributed by atoms with Gasteiger partial charge in [0.15, 0.2) is 0 Å². The molecule has 1 rings (SSSR count). The number of rotatable bonds is 7. The Bertz CT molecular complexity index is 333. The number of hydrogen-bond donors (Lipinski definition) is 1. The Balaban J connectivity index is 2.74.